The highest BCUT2D eigenvalue weighted by molar-refractivity contribution is 7.80. The average Bonchev–Trinajstić information content (AvgIpc) is 2.66. The number of thiocarbonyl (C=S) groups is 1. The van der Waals surface area contributed by atoms with Gasteiger partial charge in [0.2, 0.25) is 3.79 Å². The molecule has 1 atom stereocenters. The molecule has 0 saturated heterocycles. The van der Waals surface area contributed by atoms with E-state index in [-0.39, 0.29) is 32.8 Å². The largest absolute Gasteiger partial charge is 0.496 e. The molecule has 0 aliphatic heterocycles. The highest BCUT2D eigenvalue weighted by Gasteiger charge is 2.35. The van der Waals surface area contributed by atoms with E-state index in [1.807, 2.05) is 0 Å². The van der Waals surface area contributed by atoms with Gasteiger partial charge in [-0.25, -0.2) is 0 Å². The summed E-state index contributed by atoms with van der Waals surface area (Å²) in [6.07, 6.45) is -1.32. The summed E-state index contributed by atoms with van der Waals surface area (Å²) >= 11 is 34.9. The van der Waals surface area contributed by atoms with Crippen molar-refractivity contribution in [3.8, 4) is 5.75 Å². The van der Waals surface area contributed by atoms with Crippen LogP contribution in [0.3, 0.4) is 0 Å². The summed E-state index contributed by atoms with van der Waals surface area (Å²) in [4.78, 5) is 23.3. The first-order valence-electron chi connectivity index (χ1n) is 8.15. The molecular weight excluding hydrogens is 534 g/mol. The molecule has 1 amide bonds. The minimum Gasteiger partial charge on any atom is -0.496 e. The number of rotatable bonds is 6. The van der Waals surface area contributed by atoms with E-state index in [1.54, 1.807) is 0 Å². The Balaban J connectivity index is 2.19. The number of hydrogen-bond acceptors (Lipinski definition) is 5. The monoisotopic (exact) mass is 544 g/mol. The van der Waals surface area contributed by atoms with Crippen LogP contribution >= 0.6 is 70.2 Å². The lowest BCUT2D eigenvalue weighted by Crippen LogP contribution is -2.56. The Bertz CT molecular complexity index is 1020. The third-order valence-corrected chi connectivity index (χ3v) is 5.13. The second kappa shape index (κ2) is 10.7. The molecule has 0 heterocycles. The average molecular weight is 547 g/mol. The molecule has 0 aliphatic carbocycles. The van der Waals surface area contributed by atoms with Gasteiger partial charge in [-0.05, 0) is 42.5 Å². The number of anilines is 1. The minimum atomic E-state index is -2.05. The molecule has 2 rings (SSSR count). The molecule has 0 aromatic heterocycles. The SMILES string of the molecule is COc1ccc(NC(=S)N[C@@H](NC(=O)c2ccc(Cl)cc2Cl)C(Cl)(Cl)Cl)c([N+](=O)[O-])c1. The van der Waals surface area contributed by atoms with E-state index in [0.29, 0.717) is 5.02 Å². The van der Waals surface area contributed by atoms with Crippen molar-refractivity contribution >= 4 is 92.6 Å². The number of nitro benzene ring substituents is 1. The Hall–Kier alpha value is -1.75. The Morgan fingerprint density at radius 1 is 1.16 bits per heavy atom. The lowest BCUT2D eigenvalue weighted by atomic mass is 10.2. The van der Waals surface area contributed by atoms with E-state index >= 15 is 0 Å². The Kier molecular flexibility index (Phi) is 8.82. The number of amides is 1. The fraction of sp³-hybridized carbons (Fsp3) is 0.176. The molecule has 8 nitrogen and oxygen atoms in total. The maximum Gasteiger partial charge on any atom is 0.296 e. The summed E-state index contributed by atoms with van der Waals surface area (Å²) in [7, 11) is 1.37. The molecule has 0 saturated carbocycles. The summed E-state index contributed by atoms with van der Waals surface area (Å²) in [5.74, 6) is -0.397. The van der Waals surface area contributed by atoms with Gasteiger partial charge in [-0.15, -0.1) is 0 Å². The lowest BCUT2D eigenvalue weighted by molar-refractivity contribution is -0.384. The molecule has 3 N–H and O–H groups in total. The van der Waals surface area contributed by atoms with Gasteiger partial charge in [-0.1, -0.05) is 58.0 Å². The Labute approximate surface area is 207 Å². The topological polar surface area (TPSA) is 106 Å². The standard InChI is InChI=1S/C17H13Cl5N4O4S/c1-30-9-3-5-12(13(7-9)26(28)29)23-16(31)25-15(17(20,21)22)24-14(27)10-4-2-8(18)6-11(10)19/h2-7,15H,1H3,(H,24,27)(H2,23,25,31)/t15-/m1/s1. The van der Waals surface area contributed by atoms with Crippen LogP contribution in [-0.2, 0) is 0 Å². The zero-order valence-electron chi connectivity index (χ0n) is 15.4. The Morgan fingerprint density at radius 3 is 2.39 bits per heavy atom. The van der Waals surface area contributed by atoms with E-state index in [0.717, 1.165) is 0 Å². The van der Waals surface area contributed by atoms with Gasteiger partial charge in [0.05, 0.1) is 28.7 Å². The zero-order chi connectivity index (χ0) is 23.3. The van der Waals surface area contributed by atoms with Gasteiger partial charge in [0, 0.05) is 5.02 Å². The maximum absolute atomic E-state index is 12.6. The predicted octanol–water partition coefficient (Wildman–Crippen LogP) is 5.32. The summed E-state index contributed by atoms with van der Waals surface area (Å²) in [5.41, 5.74) is -0.166. The number of benzene rings is 2. The van der Waals surface area contributed by atoms with Crippen molar-refractivity contribution in [3.05, 3.63) is 62.1 Å². The number of hydrogen-bond donors (Lipinski definition) is 3. The number of alkyl halides is 3. The van der Waals surface area contributed by atoms with Gasteiger partial charge < -0.3 is 20.7 Å². The summed E-state index contributed by atoms with van der Waals surface area (Å²) in [5, 5.41) is 19.3. The fourth-order valence-electron chi connectivity index (χ4n) is 2.27. The van der Waals surface area contributed by atoms with Crippen molar-refractivity contribution < 1.29 is 14.5 Å². The highest BCUT2D eigenvalue weighted by Crippen LogP contribution is 2.31. The van der Waals surface area contributed by atoms with Gasteiger partial charge in [0.25, 0.3) is 11.6 Å². The number of halogens is 5. The van der Waals surface area contributed by atoms with E-state index in [1.165, 1.54) is 43.5 Å². The molecule has 0 aliphatic rings. The van der Waals surface area contributed by atoms with Crippen molar-refractivity contribution in [2.24, 2.45) is 0 Å². The van der Waals surface area contributed by atoms with Crippen LogP contribution in [0.4, 0.5) is 11.4 Å². The molecule has 0 unspecified atom stereocenters. The first kappa shape index (κ1) is 25.5. The van der Waals surface area contributed by atoms with Crippen LogP contribution in [0.25, 0.3) is 0 Å². The number of methoxy groups -OCH3 is 1. The third-order valence-electron chi connectivity index (χ3n) is 3.70. The number of carbonyl (C=O) groups excluding carboxylic acids is 1. The molecule has 0 fully saturated rings. The first-order valence-corrected chi connectivity index (χ1v) is 10.4. The van der Waals surface area contributed by atoms with Gasteiger partial charge in [-0.2, -0.15) is 0 Å². The van der Waals surface area contributed by atoms with Crippen molar-refractivity contribution in [3.63, 3.8) is 0 Å². The highest BCUT2D eigenvalue weighted by atomic mass is 35.6. The normalized spacial score (nSPS) is 11.9. The number of nitrogens with one attached hydrogen (secondary N) is 3. The van der Waals surface area contributed by atoms with E-state index in [4.69, 9.17) is 75.0 Å². The van der Waals surface area contributed by atoms with Crippen molar-refractivity contribution in [1.29, 1.82) is 0 Å². The third kappa shape index (κ3) is 7.13. The molecule has 2 aromatic rings. The second-order valence-electron chi connectivity index (χ2n) is 5.81. The number of carbonyl (C=O) groups is 1. The van der Waals surface area contributed by atoms with E-state index in [9.17, 15) is 14.9 Å². The van der Waals surface area contributed by atoms with Crippen molar-refractivity contribution in [2.45, 2.75) is 9.96 Å². The minimum absolute atomic E-state index is 0.0541. The molecule has 31 heavy (non-hydrogen) atoms. The van der Waals surface area contributed by atoms with Crippen LogP contribution in [0, 0.1) is 10.1 Å². The molecule has 14 heteroatoms. The lowest BCUT2D eigenvalue weighted by Gasteiger charge is -2.28. The van der Waals surface area contributed by atoms with E-state index in [2.05, 4.69) is 16.0 Å². The van der Waals surface area contributed by atoms with Crippen molar-refractivity contribution in [1.82, 2.24) is 10.6 Å². The smallest absolute Gasteiger partial charge is 0.296 e. The van der Waals surface area contributed by atoms with E-state index < -0.39 is 20.8 Å². The summed E-state index contributed by atoms with van der Waals surface area (Å²) in [6, 6.07) is 8.34. The Morgan fingerprint density at radius 2 is 1.84 bits per heavy atom. The van der Waals surface area contributed by atoms with Gasteiger partial charge in [0.1, 0.15) is 17.6 Å². The maximum atomic E-state index is 12.6. The second-order valence-corrected chi connectivity index (χ2v) is 9.43. The van der Waals surface area contributed by atoms with Crippen LogP contribution in [-0.4, -0.2) is 33.0 Å². The summed E-state index contributed by atoms with van der Waals surface area (Å²) in [6.45, 7) is 0. The van der Waals surface area contributed by atoms with Crippen LogP contribution < -0.4 is 20.7 Å². The molecule has 0 radical (unpaired) electrons. The van der Waals surface area contributed by atoms with Gasteiger partial charge in [-0.3, -0.25) is 14.9 Å². The molecule has 166 valence electrons. The number of nitrogens with zero attached hydrogens (tertiary/aromatic N) is 1. The first-order chi connectivity index (χ1) is 14.4. The zero-order valence-corrected chi connectivity index (χ0v) is 20.0. The quantitative estimate of drug-likeness (QED) is 0.148. The van der Waals surface area contributed by atoms with Crippen LogP contribution in [0.2, 0.25) is 10.0 Å². The van der Waals surface area contributed by atoms with Gasteiger partial charge >= 0.3 is 0 Å². The number of ether oxygens (including phenoxy) is 1. The van der Waals surface area contributed by atoms with Crippen LogP contribution in [0.5, 0.6) is 5.75 Å². The summed E-state index contributed by atoms with van der Waals surface area (Å²) < 4.78 is 2.93. The van der Waals surface area contributed by atoms with Crippen LogP contribution in [0.15, 0.2) is 36.4 Å². The molecular formula is C17H13Cl5N4O4S. The number of nitro groups is 1. The molecule has 2 aromatic carbocycles. The fourth-order valence-corrected chi connectivity index (χ4v) is 3.32. The van der Waals surface area contributed by atoms with Crippen LogP contribution in [0.1, 0.15) is 10.4 Å². The van der Waals surface area contributed by atoms with Gasteiger partial charge in [0.15, 0.2) is 5.11 Å². The molecule has 0 spiro atoms. The molecule has 0 bridgehead atoms. The van der Waals surface area contributed by atoms with Crippen molar-refractivity contribution in [2.75, 3.05) is 12.4 Å². The predicted molar refractivity (Wildman–Crippen MR) is 127 cm³/mol.